The number of furan rings is 1. The quantitative estimate of drug-likeness (QED) is 0.266. The lowest BCUT2D eigenvalue weighted by atomic mass is 10.1. The maximum absolute atomic E-state index is 11.3. The van der Waals surface area contributed by atoms with Crippen molar-refractivity contribution < 1.29 is 23.6 Å². The van der Waals surface area contributed by atoms with Crippen molar-refractivity contribution in [3.63, 3.8) is 0 Å². The smallest absolute Gasteiger partial charge is 0.331 e. The van der Waals surface area contributed by atoms with E-state index in [-0.39, 0.29) is 12.3 Å². The van der Waals surface area contributed by atoms with Crippen LogP contribution >= 0.6 is 0 Å². The zero-order valence-electron chi connectivity index (χ0n) is 12.7. The maximum Gasteiger partial charge on any atom is 0.331 e. The van der Waals surface area contributed by atoms with Gasteiger partial charge < -0.3 is 13.9 Å². The molecular formula is C17H13NO6. The van der Waals surface area contributed by atoms with Crippen LogP contribution in [0, 0.1) is 22.5 Å². The molecule has 7 heteroatoms. The van der Waals surface area contributed by atoms with Crippen molar-refractivity contribution in [1.29, 1.82) is 0 Å². The van der Waals surface area contributed by atoms with Crippen LogP contribution in [0.2, 0.25) is 0 Å². The lowest BCUT2D eigenvalue weighted by Gasteiger charge is -2.05. The highest BCUT2D eigenvalue weighted by Gasteiger charge is 2.15. The van der Waals surface area contributed by atoms with E-state index in [0.29, 0.717) is 22.8 Å². The molecule has 0 spiro atoms. The van der Waals surface area contributed by atoms with E-state index in [1.807, 2.05) is 0 Å². The highest BCUT2D eigenvalue weighted by Crippen LogP contribution is 2.34. The molecule has 0 saturated heterocycles. The molecule has 2 aromatic rings. The van der Waals surface area contributed by atoms with Crippen LogP contribution in [0.4, 0.5) is 5.69 Å². The number of rotatable bonds is 6. The normalized spacial score (nSPS) is 10.3. The van der Waals surface area contributed by atoms with Gasteiger partial charge in [-0.3, -0.25) is 10.1 Å². The molecule has 0 aliphatic rings. The number of carbonyl (C=O) groups is 1. The van der Waals surface area contributed by atoms with E-state index in [1.165, 1.54) is 37.5 Å². The van der Waals surface area contributed by atoms with Crippen molar-refractivity contribution in [1.82, 2.24) is 0 Å². The van der Waals surface area contributed by atoms with Gasteiger partial charge in [0.1, 0.15) is 17.3 Å². The molecule has 0 atom stereocenters. The minimum absolute atomic E-state index is 0.0860. The Kier molecular flexibility index (Phi) is 5.36. The molecule has 0 aliphatic carbocycles. The molecule has 1 aromatic carbocycles. The van der Waals surface area contributed by atoms with Gasteiger partial charge in [-0.05, 0) is 24.3 Å². The molecule has 0 N–H and O–H groups in total. The molecule has 2 rings (SSSR count). The number of nitro groups is 1. The monoisotopic (exact) mass is 327 g/mol. The first-order chi connectivity index (χ1) is 11.5. The Hall–Kier alpha value is -3.53. The third-order valence-corrected chi connectivity index (χ3v) is 2.97. The molecular weight excluding hydrogens is 314 g/mol. The van der Waals surface area contributed by atoms with E-state index >= 15 is 0 Å². The number of carbonyl (C=O) groups excluding carboxylic acids is 1. The van der Waals surface area contributed by atoms with Crippen LogP contribution in [0.3, 0.4) is 0 Å². The summed E-state index contributed by atoms with van der Waals surface area (Å²) in [5.74, 6) is 2.75. The fourth-order valence-corrected chi connectivity index (χ4v) is 1.90. The third kappa shape index (κ3) is 4.01. The first-order valence-electron chi connectivity index (χ1n) is 6.76. The highest BCUT2D eigenvalue weighted by molar-refractivity contribution is 5.86. The zero-order chi connectivity index (χ0) is 17.5. The summed E-state index contributed by atoms with van der Waals surface area (Å²) in [5.41, 5.74) is 0.346. The van der Waals surface area contributed by atoms with Gasteiger partial charge in [0.15, 0.2) is 6.61 Å². The van der Waals surface area contributed by atoms with Crippen LogP contribution in [0.25, 0.3) is 17.4 Å². The van der Waals surface area contributed by atoms with Gasteiger partial charge in [0.05, 0.1) is 17.6 Å². The van der Waals surface area contributed by atoms with Crippen molar-refractivity contribution in [2.45, 2.75) is 0 Å². The van der Waals surface area contributed by atoms with Crippen molar-refractivity contribution >= 4 is 17.7 Å². The predicted octanol–water partition coefficient (Wildman–Crippen LogP) is 3.05. The van der Waals surface area contributed by atoms with E-state index in [4.69, 9.17) is 15.6 Å². The number of ether oxygens (including phenoxy) is 2. The lowest BCUT2D eigenvalue weighted by Crippen LogP contribution is -1.99. The molecule has 0 unspecified atom stereocenters. The van der Waals surface area contributed by atoms with Gasteiger partial charge in [-0.25, -0.2) is 4.79 Å². The van der Waals surface area contributed by atoms with Crippen LogP contribution in [0.15, 0.2) is 40.8 Å². The molecule has 0 amide bonds. The number of methoxy groups -OCH3 is 1. The summed E-state index contributed by atoms with van der Waals surface area (Å²) >= 11 is 0. The lowest BCUT2D eigenvalue weighted by molar-refractivity contribution is -0.384. The summed E-state index contributed by atoms with van der Waals surface area (Å²) in [6, 6.07) is 7.41. The van der Waals surface area contributed by atoms with Crippen molar-refractivity contribution in [3.05, 3.63) is 52.3 Å². The number of non-ortho nitro benzene ring substituents is 1. The van der Waals surface area contributed by atoms with Gasteiger partial charge in [0, 0.05) is 18.2 Å². The van der Waals surface area contributed by atoms with Crippen LogP contribution < -0.4 is 4.74 Å². The van der Waals surface area contributed by atoms with Gasteiger partial charge in [0.2, 0.25) is 0 Å². The second-order valence-corrected chi connectivity index (χ2v) is 4.49. The molecule has 0 aliphatic heterocycles. The van der Waals surface area contributed by atoms with Crippen molar-refractivity contribution in [2.24, 2.45) is 0 Å². The fourth-order valence-electron chi connectivity index (χ4n) is 1.90. The molecule has 0 bridgehead atoms. The zero-order valence-corrected chi connectivity index (χ0v) is 12.7. The number of nitrogens with zero attached hydrogens (tertiary/aromatic N) is 1. The van der Waals surface area contributed by atoms with Crippen molar-refractivity contribution in [3.8, 4) is 29.4 Å². The van der Waals surface area contributed by atoms with Gasteiger partial charge in [-0.1, -0.05) is 5.92 Å². The molecule has 0 saturated carbocycles. The summed E-state index contributed by atoms with van der Waals surface area (Å²) in [6.45, 7) is -0.114. The van der Waals surface area contributed by atoms with E-state index < -0.39 is 10.9 Å². The number of terminal acetylenes is 1. The molecule has 0 fully saturated rings. The second kappa shape index (κ2) is 7.65. The maximum atomic E-state index is 11.3. The van der Waals surface area contributed by atoms with Gasteiger partial charge in [0.25, 0.3) is 5.69 Å². The van der Waals surface area contributed by atoms with E-state index in [0.717, 1.165) is 0 Å². The molecule has 122 valence electrons. The Morgan fingerprint density at radius 1 is 1.42 bits per heavy atom. The molecule has 0 radical (unpaired) electrons. The van der Waals surface area contributed by atoms with Crippen LogP contribution in [-0.2, 0) is 9.53 Å². The van der Waals surface area contributed by atoms with Crippen LogP contribution in [0.5, 0.6) is 5.75 Å². The Morgan fingerprint density at radius 3 is 2.88 bits per heavy atom. The highest BCUT2D eigenvalue weighted by atomic mass is 16.6. The second-order valence-electron chi connectivity index (χ2n) is 4.49. The van der Waals surface area contributed by atoms with Crippen molar-refractivity contribution in [2.75, 3.05) is 13.7 Å². The summed E-state index contributed by atoms with van der Waals surface area (Å²) in [4.78, 5) is 21.7. The number of nitro benzene ring substituents is 1. The van der Waals surface area contributed by atoms with Crippen LogP contribution in [0.1, 0.15) is 5.76 Å². The largest absolute Gasteiger partial charge is 0.496 e. The third-order valence-electron chi connectivity index (χ3n) is 2.97. The fraction of sp³-hybridized carbons (Fsp3) is 0.118. The van der Waals surface area contributed by atoms with E-state index in [1.54, 1.807) is 12.1 Å². The molecule has 1 aromatic heterocycles. The van der Waals surface area contributed by atoms with Crippen LogP contribution in [-0.4, -0.2) is 24.6 Å². The number of benzene rings is 1. The summed E-state index contributed by atoms with van der Waals surface area (Å²) in [6.07, 6.45) is 7.56. The van der Waals surface area contributed by atoms with Gasteiger partial charge in [-0.15, -0.1) is 6.42 Å². The standard InChI is InChI=1S/C17H13NO6/c1-3-10-23-17(19)9-6-13-5-8-16(24-13)14-11-12(18(20)21)4-7-15(14)22-2/h1,4-9,11H,10H2,2H3/b9-6+. The van der Waals surface area contributed by atoms with E-state index in [2.05, 4.69) is 10.7 Å². The Bertz CT molecular complexity index is 828. The molecule has 24 heavy (non-hydrogen) atoms. The predicted molar refractivity (Wildman–Crippen MR) is 86.2 cm³/mol. The minimum Gasteiger partial charge on any atom is -0.496 e. The summed E-state index contributed by atoms with van der Waals surface area (Å²) < 4.78 is 15.4. The average Bonchev–Trinajstić information content (AvgIpc) is 3.06. The summed E-state index contributed by atoms with van der Waals surface area (Å²) in [5, 5.41) is 10.9. The van der Waals surface area contributed by atoms with Gasteiger partial charge >= 0.3 is 5.97 Å². The Morgan fingerprint density at radius 2 is 2.21 bits per heavy atom. The Labute approximate surface area is 137 Å². The molecule has 1 heterocycles. The van der Waals surface area contributed by atoms with Gasteiger partial charge in [-0.2, -0.15) is 0 Å². The average molecular weight is 327 g/mol. The molecule has 7 nitrogen and oxygen atoms in total. The SMILES string of the molecule is C#CCOC(=O)/C=C/c1ccc(-c2cc([N+](=O)[O-])ccc2OC)o1. The Balaban J connectivity index is 2.26. The first kappa shape index (κ1) is 16.8. The van der Waals surface area contributed by atoms with E-state index in [9.17, 15) is 14.9 Å². The minimum atomic E-state index is -0.598. The summed E-state index contributed by atoms with van der Waals surface area (Å²) in [7, 11) is 1.45. The number of esters is 1. The number of hydrogen-bond donors (Lipinski definition) is 0. The number of hydrogen-bond acceptors (Lipinski definition) is 6. The topological polar surface area (TPSA) is 91.8 Å². The first-order valence-corrected chi connectivity index (χ1v) is 6.76.